The first kappa shape index (κ1) is 11.0. The van der Waals surface area contributed by atoms with E-state index in [0.29, 0.717) is 11.3 Å². The van der Waals surface area contributed by atoms with Gasteiger partial charge in [0.05, 0.1) is 11.3 Å². The Hall–Kier alpha value is -2.47. The predicted octanol–water partition coefficient (Wildman–Crippen LogP) is 3.19. The summed E-state index contributed by atoms with van der Waals surface area (Å²) in [5.41, 5.74) is 9.71. The van der Waals surface area contributed by atoms with Crippen LogP contribution >= 0.6 is 0 Å². The molecule has 0 heterocycles. The van der Waals surface area contributed by atoms with Gasteiger partial charge >= 0.3 is 0 Å². The molecule has 2 aromatic rings. The molecule has 0 aliphatic heterocycles. The zero-order valence-corrected chi connectivity index (χ0v) is 9.57. The van der Waals surface area contributed by atoms with Crippen molar-refractivity contribution < 1.29 is 0 Å². The van der Waals surface area contributed by atoms with Crippen molar-refractivity contribution in [2.75, 3.05) is 11.1 Å². The first-order valence-electron chi connectivity index (χ1n) is 5.33. The number of hydrogen-bond donors (Lipinski definition) is 2. The molecule has 0 atom stereocenters. The van der Waals surface area contributed by atoms with Crippen LogP contribution in [0.2, 0.25) is 0 Å². The molecule has 0 fully saturated rings. The predicted molar refractivity (Wildman–Crippen MR) is 70.0 cm³/mol. The lowest BCUT2D eigenvalue weighted by atomic mass is 10.1. The molecule has 0 saturated carbocycles. The van der Waals surface area contributed by atoms with Crippen LogP contribution in [0.3, 0.4) is 0 Å². The third-order valence-electron chi connectivity index (χ3n) is 2.55. The molecule has 2 aromatic carbocycles. The molecular weight excluding hydrogens is 210 g/mol. The van der Waals surface area contributed by atoms with Gasteiger partial charge in [0.15, 0.2) is 0 Å². The van der Waals surface area contributed by atoms with Crippen LogP contribution in [0.1, 0.15) is 11.1 Å². The van der Waals surface area contributed by atoms with E-state index in [2.05, 4.69) is 11.4 Å². The SMILES string of the molecule is Cc1cccc(Nc2cccc(N)c2)c1C#N. The maximum atomic E-state index is 9.12. The van der Waals surface area contributed by atoms with Crippen LogP contribution in [0.25, 0.3) is 0 Å². The Balaban J connectivity index is 2.37. The number of anilines is 3. The van der Waals surface area contributed by atoms with Crippen molar-refractivity contribution in [1.29, 1.82) is 5.26 Å². The minimum absolute atomic E-state index is 0.662. The van der Waals surface area contributed by atoms with Gasteiger partial charge in [0.25, 0.3) is 0 Å². The van der Waals surface area contributed by atoms with Crippen LogP contribution in [-0.4, -0.2) is 0 Å². The molecular formula is C14H13N3. The van der Waals surface area contributed by atoms with Gasteiger partial charge in [-0.05, 0) is 36.8 Å². The molecule has 84 valence electrons. The smallest absolute Gasteiger partial charge is 0.102 e. The first-order chi connectivity index (χ1) is 8.20. The number of rotatable bonds is 2. The third-order valence-corrected chi connectivity index (χ3v) is 2.55. The molecule has 0 saturated heterocycles. The van der Waals surface area contributed by atoms with Crippen LogP contribution in [0.5, 0.6) is 0 Å². The second kappa shape index (κ2) is 4.58. The molecule has 17 heavy (non-hydrogen) atoms. The van der Waals surface area contributed by atoms with Crippen molar-refractivity contribution in [2.24, 2.45) is 0 Å². The fourth-order valence-corrected chi connectivity index (χ4v) is 1.69. The summed E-state index contributed by atoms with van der Waals surface area (Å²) >= 11 is 0. The van der Waals surface area contributed by atoms with E-state index in [1.54, 1.807) is 0 Å². The van der Waals surface area contributed by atoms with Gasteiger partial charge in [-0.1, -0.05) is 18.2 Å². The minimum Gasteiger partial charge on any atom is -0.399 e. The molecule has 0 aromatic heterocycles. The zero-order chi connectivity index (χ0) is 12.3. The lowest BCUT2D eigenvalue weighted by Gasteiger charge is -2.10. The number of aryl methyl sites for hydroxylation is 1. The maximum Gasteiger partial charge on any atom is 0.102 e. The largest absolute Gasteiger partial charge is 0.399 e. The molecule has 0 spiro atoms. The number of nitrogens with one attached hydrogen (secondary N) is 1. The molecule has 0 amide bonds. The summed E-state index contributed by atoms with van der Waals surface area (Å²) in [7, 11) is 0. The summed E-state index contributed by atoms with van der Waals surface area (Å²) in [5.74, 6) is 0. The lowest BCUT2D eigenvalue weighted by Crippen LogP contribution is -1.96. The van der Waals surface area contributed by atoms with E-state index in [1.807, 2.05) is 49.4 Å². The van der Waals surface area contributed by atoms with Crippen LogP contribution < -0.4 is 11.1 Å². The van der Waals surface area contributed by atoms with Gasteiger partial charge in [0.2, 0.25) is 0 Å². The van der Waals surface area contributed by atoms with Crippen LogP contribution in [0.4, 0.5) is 17.1 Å². The third kappa shape index (κ3) is 2.37. The first-order valence-corrected chi connectivity index (χ1v) is 5.33. The second-order valence-corrected chi connectivity index (χ2v) is 3.86. The van der Waals surface area contributed by atoms with Crippen molar-refractivity contribution >= 4 is 17.1 Å². The summed E-state index contributed by atoms with van der Waals surface area (Å²) < 4.78 is 0. The Morgan fingerprint density at radius 2 is 1.94 bits per heavy atom. The van der Waals surface area contributed by atoms with E-state index < -0.39 is 0 Å². The zero-order valence-electron chi connectivity index (χ0n) is 9.57. The van der Waals surface area contributed by atoms with E-state index in [1.165, 1.54) is 0 Å². The summed E-state index contributed by atoms with van der Waals surface area (Å²) in [6.07, 6.45) is 0. The van der Waals surface area contributed by atoms with Gasteiger partial charge in [-0.3, -0.25) is 0 Å². The van der Waals surface area contributed by atoms with Gasteiger partial charge in [-0.15, -0.1) is 0 Å². The average molecular weight is 223 g/mol. The molecule has 2 rings (SSSR count). The van der Waals surface area contributed by atoms with Crippen molar-refractivity contribution in [3.05, 3.63) is 53.6 Å². The van der Waals surface area contributed by atoms with Crippen molar-refractivity contribution in [3.8, 4) is 6.07 Å². The molecule has 0 radical (unpaired) electrons. The molecule has 3 nitrogen and oxygen atoms in total. The molecule has 3 N–H and O–H groups in total. The minimum atomic E-state index is 0.662. The number of nitrogens with two attached hydrogens (primary N) is 1. The standard InChI is InChI=1S/C14H13N3/c1-10-4-2-7-14(13(10)9-15)17-12-6-3-5-11(16)8-12/h2-8,17H,16H2,1H3. The Kier molecular flexibility index (Phi) is 2.97. The van der Waals surface area contributed by atoms with E-state index >= 15 is 0 Å². The summed E-state index contributed by atoms with van der Waals surface area (Å²) in [6.45, 7) is 1.92. The Labute approximate surface area is 101 Å². The fourth-order valence-electron chi connectivity index (χ4n) is 1.69. The number of nitriles is 1. The number of benzene rings is 2. The summed E-state index contributed by atoms with van der Waals surface area (Å²) in [4.78, 5) is 0. The number of nitrogens with zero attached hydrogens (tertiary/aromatic N) is 1. The summed E-state index contributed by atoms with van der Waals surface area (Å²) in [6, 6.07) is 15.4. The molecule has 0 bridgehead atoms. The highest BCUT2D eigenvalue weighted by molar-refractivity contribution is 5.69. The topological polar surface area (TPSA) is 61.8 Å². The lowest BCUT2D eigenvalue weighted by molar-refractivity contribution is 1.38. The van der Waals surface area contributed by atoms with Crippen molar-refractivity contribution in [3.63, 3.8) is 0 Å². The van der Waals surface area contributed by atoms with E-state index in [9.17, 15) is 0 Å². The maximum absolute atomic E-state index is 9.12. The number of hydrogen-bond acceptors (Lipinski definition) is 3. The highest BCUT2D eigenvalue weighted by Crippen LogP contribution is 2.23. The van der Waals surface area contributed by atoms with Gasteiger partial charge in [0, 0.05) is 11.4 Å². The highest BCUT2D eigenvalue weighted by Gasteiger charge is 2.04. The van der Waals surface area contributed by atoms with Crippen LogP contribution in [0, 0.1) is 18.3 Å². The van der Waals surface area contributed by atoms with E-state index in [0.717, 1.165) is 16.9 Å². The Bertz CT molecular complexity index is 582. The Morgan fingerprint density at radius 3 is 2.65 bits per heavy atom. The normalized spacial score (nSPS) is 9.65. The van der Waals surface area contributed by atoms with Gasteiger partial charge in [0.1, 0.15) is 6.07 Å². The van der Waals surface area contributed by atoms with E-state index in [4.69, 9.17) is 11.0 Å². The Morgan fingerprint density at radius 1 is 1.18 bits per heavy atom. The molecule has 0 aliphatic rings. The quantitative estimate of drug-likeness (QED) is 0.768. The number of nitrogen functional groups attached to an aromatic ring is 1. The van der Waals surface area contributed by atoms with Crippen LogP contribution in [-0.2, 0) is 0 Å². The van der Waals surface area contributed by atoms with E-state index in [-0.39, 0.29) is 0 Å². The van der Waals surface area contributed by atoms with Crippen molar-refractivity contribution in [1.82, 2.24) is 0 Å². The fraction of sp³-hybridized carbons (Fsp3) is 0.0714. The molecule has 0 unspecified atom stereocenters. The van der Waals surface area contributed by atoms with Crippen molar-refractivity contribution in [2.45, 2.75) is 6.92 Å². The average Bonchev–Trinajstić information content (AvgIpc) is 2.29. The second-order valence-electron chi connectivity index (χ2n) is 3.86. The highest BCUT2D eigenvalue weighted by atomic mass is 14.9. The van der Waals surface area contributed by atoms with Crippen LogP contribution in [0.15, 0.2) is 42.5 Å². The monoisotopic (exact) mass is 223 g/mol. The summed E-state index contributed by atoms with van der Waals surface area (Å²) in [5, 5.41) is 12.3. The molecule has 3 heteroatoms. The van der Waals surface area contributed by atoms with Gasteiger partial charge < -0.3 is 11.1 Å². The van der Waals surface area contributed by atoms with Gasteiger partial charge in [-0.25, -0.2) is 0 Å². The van der Waals surface area contributed by atoms with Gasteiger partial charge in [-0.2, -0.15) is 5.26 Å². The molecule has 0 aliphatic carbocycles.